The number of ether oxygens (including phenoxy) is 1. The summed E-state index contributed by atoms with van der Waals surface area (Å²) in [7, 11) is -3.68. The molecule has 28 heavy (non-hydrogen) atoms. The standard InChI is InChI=1S/C20H27N3O4S/c1-15-14-22(19(24)27-20(2,3)4)10-5-11-23(15)28(25,26)18-7-6-17-13-21-9-8-16(17)12-18/h6-9,12-13,15H,5,10-11,14H2,1-4H3/t15-/m1/s1. The van der Waals surface area contributed by atoms with E-state index >= 15 is 0 Å². The molecule has 1 amide bonds. The van der Waals surface area contributed by atoms with Crippen molar-refractivity contribution in [1.29, 1.82) is 0 Å². The molecule has 1 aliphatic heterocycles. The maximum absolute atomic E-state index is 13.3. The Morgan fingerprint density at radius 3 is 2.64 bits per heavy atom. The van der Waals surface area contributed by atoms with Crippen molar-refractivity contribution in [3.8, 4) is 0 Å². The average Bonchev–Trinajstić information content (AvgIpc) is 2.82. The van der Waals surface area contributed by atoms with E-state index in [2.05, 4.69) is 4.98 Å². The SMILES string of the molecule is C[C@@H]1CN(C(=O)OC(C)(C)C)CCCN1S(=O)(=O)c1ccc2cnccc2c1. The predicted molar refractivity (Wildman–Crippen MR) is 108 cm³/mol. The first-order valence-electron chi connectivity index (χ1n) is 9.41. The minimum atomic E-state index is -3.68. The van der Waals surface area contributed by atoms with Crippen LogP contribution in [-0.2, 0) is 14.8 Å². The highest BCUT2D eigenvalue weighted by Crippen LogP contribution is 2.25. The van der Waals surface area contributed by atoms with Gasteiger partial charge in [-0.1, -0.05) is 6.07 Å². The van der Waals surface area contributed by atoms with Crippen LogP contribution in [0.4, 0.5) is 4.79 Å². The van der Waals surface area contributed by atoms with Crippen molar-refractivity contribution in [2.24, 2.45) is 0 Å². The summed E-state index contributed by atoms with van der Waals surface area (Å²) >= 11 is 0. The molecule has 152 valence electrons. The number of rotatable bonds is 2. The molecule has 1 atom stereocenters. The second-order valence-corrected chi connectivity index (χ2v) is 10.0. The van der Waals surface area contributed by atoms with E-state index in [0.29, 0.717) is 26.1 Å². The molecule has 1 aliphatic rings. The van der Waals surface area contributed by atoms with Gasteiger partial charge in [0.1, 0.15) is 5.60 Å². The molecule has 0 radical (unpaired) electrons. The Hall–Kier alpha value is -2.19. The largest absolute Gasteiger partial charge is 0.444 e. The summed E-state index contributed by atoms with van der Waals surface area (Å²) < 4.78 is 33.5. The molecule has 3 rings (SSSR count). The highest BCUT2D eigenvalue weighted by atomic mass is 32.2. The van der Waals surface area contributed by atoms with E-state index in [1.54, 1.807) is 41.6 Å². The van der Waals surface area contributed by atoms with Crippen molar-refractivity contribution in [2.45, 2.75) is 50.7 Å². The Morgan fingerprint density at radius 2 is 1.93 bits per heavy atom. The van der Waals surface area contributed by atoms with Gasteiger partial charge in [0.25, 0.3) is 0 Å². The zero-order valence-corrected chi connectivity index (χ0v) is 17.6. The highest BCUT2D eigenvalue weighted by Gasteiger charge is 2.34. The molecule has 1 aromatic heterocycles. The lowest BCUT2D eigenvalue weighted by atomic mass is 10.2. The number of hydrogen-bond donors (Lipinski definition) is 0. The van der Waals surface area contributed by atoms with Gasteiger partial charge in [0.15, 0.2) is 0 Å². The molecule has 2 aromatic rings. The zero-order chi connectivity index (χ0) is 20.5. The Morgan fingerprint density at radius 1 is 1.18 bits per heavy atom. The summed E-state index contributed by atoms with van der Waals surface area (Å²) in [6.45, 7) is 8.40. The van der Waals surface area contributed by atoms with Gasteiger partial charge in [-0.15, -0.1) is 0 Å². The minimum absolute atomic E-state index is 0.253. The van der Waals surface area contributed by atoms with Crippen LogP contribution in [0.2, 0.25) is 0 Å². The van der Waals surface area contributed by atoms with Crippen LogP contribution in [0.5, 0.6) is 0 Å². The Balaban J connectivity index is 1.83. The molecule has 0 N–H and O–H groups in total. The van der Waals surface area contributed by atoms with Crippen molar-refractivity contribution in [3.63, 3.8) is 0 Å². The van der Waals surface area contributed by atoms with Gasteiger partial charge < -0.3 is 9.64 Å². The van der Waals surface area contributed by atoms with E-state index in [-0.39, 0.29) is 10.9 Å². The van der Waals surface area contributed by atoms with Crippen molar-refractivity contribution in [3.05, 3.63) is 36.7 Å². The lowest BCUT2D eigenvalue weighted by Gasteiger charge is -2.30. The second-order valence-electron chi connectivity index (χ2n) is 8.13. The molecule has 8 heteroatoms. The second kappa shape index (κ2) is 7.67. The predicted octanol–water partition coefficient (Wildman–Crippen LogP) is 3.25. The third kappa shape index (κ3) is 4.44. The fourth-order valence-electron chi connectivity index (χ4n) is 3.35. The van der Waals surface area contributed by atoms with E-state index in [1.165, 1.54) is 4.31 Å². The fourth-order valence-corrected chi connectivity index (χ4v) is 5.04. The van der Waals surface area contributed by atoms with Gasteiger partial charge in [-0.25, -0.2) is 13.2 Å². The quantitative estimate of drug-likeness (QED) is 0.766. The number of benzene rings is 1. The number of carbonyl (C=O) groups is 1. The smallest absolute Gasteiger partial charge is 0.410 e. The van der Waals surface area contributed by atoms with Crippen LogP contribution in [0.3, 0.4) is 0 Å². The number of amides is 1. The number of fused-ring (bicyclic) bond motifs is 1. The summed E-state index contributed by atoms with van der Waals surface area (Å²) in [6, 6.07) is 6.50. The Labute approximate surface area is 166 Å². The van der Waals surface area contributed by atoms with Gasteiger partial charge in [0.05, 0.1) is 4.90 Å². The first-order valence-corrected chi connectivity index (χ1v) is 10.9. The van der Waals surface area contributed by atoms with Gasteiger partial charge in [0, 0.05) is 43.5 Å². The van der Waals surface area contributed by atoms with Crippen LogP contribution >= 0.6 is 0 Å². The third-order valence-corrected chi connectivity index (χ3v) is 6.66. The van der Waals surface area contributed by atoms with E-state index in [1.807, 2.05) is 27.7 Å². The van der Waals surface area contributed by atoms with E-state index in [9.17, 15) is 13.2 Å². The molecular formula is C20H27N3O4S. The van der Waals surface area contributed by atoms with Crippen molar-refractivity contribution in [1.82, 2.24) is 14.2 Å². The molecule has 1 aromatic carbocycles. The van der Waals surface area contributed by atoms with Crippen LogP contribution in [0.1, 0.15) is 34.1 Å². The zero-order valence-electron chi connectivity index (χ0n) is 16.8. The van der Waals surface area contributed by atoms with Crippen LogP contribution < -0.4 is 0 Å². The van der Waals surface area contributed by atoms with Gasteiger partial charge >= 0.3 is 6.09 Å². The number of aromatic nitrogens is 1. The summed E-state index contributed by atoms with van der Waals surface area (Å²) in [5, 5.41) is 1.72. The van der Waals surface area contributed by atoms with Crippen LogP contribution in [0, 0.1) is 0 Å². The molecule has 1 saturated heterocycles. The molecule has 0 aliphatic carbocycles. The lowest BCUT2D eigenvalue weighted by Crippen LogP contribution is -2.45. The number of carbonyl (C=O) groups excluding carboxylic acids is 1. The molecule has 0 spiro atoms. The lowest BCUT2D eigenvalue weighted by molar-refractivity contribution is 0.0244. The summed E-state index contributed by atoms with van der Waals surface area (Å²) in [6.07, 6.45) is 3.50. The summed E-state index contributed by atoms with van der Waals surface area (Å²) in [4.78, 5) is 18.3. The van der Waals surface area contributed by atoms with E-state index in [0.717, 1.165) is 10.8 Å². The average molecular weight is 406 g/mol. The molecular weight excluding hydrogens is 378 g/mol. The Bertz CT molecular complexity index is 969. The van der Waals surface area contributed by atoms with E-state index < -0.39 is 21.7 Å². The molecule has 0 bridgehead atoms. The van der Waals surface area contributed by atoms with Crippen LogP contribution in [-0.4, -0.2) is 60.0 Å². The van der Waals surface area contributed by atoms with E-state index in [4.69, 9.17) is 4.74 Å². The topological polar surface area (TPSA) is 79.8 Å². The van der Waals surface area contributed by atoms with Crippen molar-refractivity contribution < 1.29 is 17.9 Å². The summed E-state index contributed by atoms with van der Waals surface area (Å²) in [5.74, 6) is 0. The van der Waals surface area contributed by atoms with Crippen molar-refractivity contribution >= 4 is 26.9 Å². The van der Waals surface area contributed by atoms with Gasteiger partial charge in [-0.05, 0) is 57.7 Å². The normalized spacial score (nSPS) is 19.4. The molecule has 2 heterocycles. The Kier molecular flexibility index (Phi) is 5.63. The first-order chi connectivity index (χ1) is 13.1. The fraction of sp³-hybridized carbons (Fsp3) is 0.500. The first kappa shape index (κ1) is 20.5. The molecule has 0 unspecified atom stereocenters. The maximum Gasteiger partial charge on any atom is 0.410 e. The monoisotopic (exact) mass is 405 g/mol. The minimum Gasteiger partial charge on any atom is -0.444 e. The summed E-state index contributed by atoms with van der Waals surface area (Å²) in [5.41, 5.74) is -0.585. The number of nitrogens with zero attached hydrogens (tertiary/aromatic N) is 3. The molecule has 1 fully saturated rings. The number of hydrogen-bond acceptors (Lipinski definition) is 5. The van der Waals surface area contributed by atoms with Crippen LogP contribution in [0.15, 0.2) is 41.6 Å². The third-order valence-electron chi connectivity index (χ3n) is 4.65. The molecule has 7 nitrogen and oxygen atoms in total. The molecule has 0 saturated carbocycles. The maximum atomic E-state index is 13.3. The van der Waals surface area contributed by atoms with Gasteiger partial charge in [-0.3, -0.25) is 4.98 Å². The van der Waals surface area contributed by atoms with Crippen LogP contribution in [0.25, 0.3) is 10.8 Å². The highest BCUT2D eigenvalue weighted by molar-refractivity contribution is 7.89. The number of pyridine rings is 1. The van der Waals surface area contributed by atoms with Gasteiger partial charge in [-0.2, -0.15) is 4.31 Å². The van der Waals surface area contributed by atoms with Crippen molar-refractivity contribution in [2.75, 3.05) is 19.6 Å². The number of sulfonamides is 1. The van der Waals surface area contributed by atoms with Gasteiger partial charge in [0.2, 0.25) is 10.0 Å².